The van der Waals surface area contributed by atoms with Crippen molar-refractivity contribution in [3.63, 3.8) is 0 Å². The Hall–Kier alpha value is -2.04. The predicted molar refractivity (Wildman–Crippen MR) is 57.2 cm³/mol. The lowest BCUT2D eigenvalue weighted by atomic mass is 10.1. The van der Waals surface area contributed by atoms with Gasteiger partial charge in [-0.2, -0.15) is 0 Å². The Morgan fingerprint density at radius 1 is 1.25 bits per heavy atom. The van der Waals surface area contributed by atoms with E-state index in [0.29, 0.717) is 13.0 Å². The lowest BCUT2D eigenvalue weighted by Crippen LogP contribution is -2.30. The zero-order valence-electron chi connectivity index (χ0n) is 8.86. The van der Waals surface area contributed by atoms with E-state index in [4.69, 9.17) is 5.11 Å². The summed E-state index contributed by atoms with van der Waals surface area (Å²) in [7, 11) is 0. The lowest BCUT2D eigenvalue weighted by molar-refractivity contribution is -0.136. The number of carbonyl (C=O) groups is 2. The third-order valence-electron chi connectivity index (χ3n) is 2.06. The first kappa shape index (κ1) is 12.0. The summed E-state index contributed by atoms with van der Waals surface area (Å²) in [6, 6.07) is 4.42. The summed E-state index contributed by atoms with van der Waals surface area (Å²) in [5, 5.41) is 20.7. The first-order chi connectivity index (χ1) is 7.50. The SMILES string of the molecule is CC(=O)C(=O)NCCc1ccc(O)c(O)c1. The molecule has 0 saturated heterocycles. The van der Waals surface area contributed by atoms with Crippen molar-refractivity contribution in [2.45, 2.75) is 13.3 Å². The van der Waals surface area contributed by atoms with Crippen molar-refractivity contribution in [2.24, 2.45) is 0 Å². The summed E-state index contributed by atoms with van der Waals surface area (Å²) in [6.07, 6.45) is 0.479. The van der Waals surface area contributed by atoms with E-state index < -0.39 is 11.7 Å². The second kappa shape index (κ2) is 5.16. The molecule has 0 aliphatic carbocycles. The van der Waals surface area contributed by atoms with Gasteiger partial charge in [0.25, 0.3) is 5.91 Å². The van der Waals surface area contributed by atoms with Gasteiger partial charge in [-0.25, -0.2) is 0 Å². The van der Waals surface area contributed by atoms with Crippen LogP contribution in [0.15, 0.2) is 18.2 Å². The van der Waals surface area contributed by atoms with Gasteiger partial charge in [-0.05, 0) is 24.1 Å². The monoisotopic (exact) mass is 223 g/mol. The molecule has 0 atom stereocenters. The summed E-state index contributed by atoms with van der Waals surface area (Å²) in [6.45, 7) is 1.50. The third-order valence-corrected chi connectivity index (χ3v) is 2.06. The van der Waals surface area contributed by atoms with Crippen LogP contribution in [0.2, 0.25) is 0 Å². The zero-order chi connectivity index (χ0) is 12.1. The number of phenolic OH excluding ortho intramolecular Hbond substituents is 2. The molecule has 0 bridgehead atoms. The molecule has 1 rings (SSSR count). The highest BCUT2D eigenvalue weighted by Gasteiger charge is 2.06. The number of ketones is 1. The molecule has 5 nitrogen and oxygen atoms in total. The Morgan fingerprint density at radius 3 is 2.50 bits per heavy atom. The molecule has 3 N–H and O–H groups in total. The van der Waals surface area contributed by atoms with Crippen LogP contribution in [-0.4, -0.2) is 28.4 Å². The maximum absolute atomic E-state index is 10.9. The molecule has 0 fully saturated rings. The van der Waals surface area contributed by atoms with Gasteiger partial charge in [0.1, 0.15) is 0 Å². The van der Waals surface area contributed by atoms with Gasteiger partial charge in [0.15, 0.2) is 11.5 Å². The van der Waals surface area contributed by atoms with E-state index >= 15 is 0 Å². The smallest absolute Gasteiger partial charge is 0.287 e. The Balaban J connectivity index is 2.46. The molecular weight excluding hydrogens is 210 g/mol. The quantitative estimate of drug-likeness (QED) is 0.507. The molecule has 1 aromatic rings. The Labute approximate surface area is 92.7 Å². The van der Waals surface area contributed by atoms with Gasteiger partial charge in [-0.3, -0.25) is 9.59 Å². The molecule has 0 aliphatic rings. The second-order valence-electron chi connectivity index (χ2n) is 3.39. The van der Waals surface area contributed by atoms with Crippen molar-refractivity contribution in [1.29, 1.82) is 0 Å². The van der Waals surface area contributed by atoms with E-state index in [0.717, 1.165) is 5.56 Å². The molecule has 0 unspecified atom stereocenters. The number of carbonyl (C=O) groups excluding carboxylic acids is 2. The number of Topliss-reactive ketones (excluding diaryl/α,β-unsaturated/α-hetero) is 1. The van der Waals surface area contributed by atoms with Gasteiger partial charge in [0.05, 0.1) is 0 Å². The summed E-state index contributed by atoms with van der Waals surface area (Å²) < 4.78 is 0. The summed E-state index contributed by atoms with van der Waals surface area (Å²) >= 11 is 0. The molecule has 0 radical (unpaired) electrons. The largest absolute Gasteiger partial charge is 0.504 e. The van der Waals surface area contributed by atoms with Gasteiger partial charge in [0, 0.05) is 13.5 Å². The van der Waals surface area contributed by atoms with Gasteiger partial charge < -0.3 is 15.5 Å². The number of benzene rings is 1. The fourth-order valence-corrected chi connectivity index (χ4v) is 1.17. The molecule has 0 aromatic heterocycles. The van der Waals surface area contributed by atoms with E-state index in [9.17, 15) is 14.7 Å². The fraction of sp³-hybridized carbons (Fsp3) is 0.273. The molecule has 1 aromatic carbocycles. The van der Waals surface area contributed by atoms with Crippen LogP contribution in [0.1, 0.15) is 12.5 Å². The number of phenols is 2. The summed E-state index contributed by atoms with van der Waals surface area (Å²) in [5.74, 6) is -1.54. The van der Waals surface area contributed by atoms with E-state index in [1.165, 1.54) is 19.1 Å². The van der Waals surface area contributed by atoms with E-state index in [1.807, 2.05) is 0 Å². The van der Waals surface area contributed by atoms with Crippen LogP contribution >= 0.6 is 0 Å². The number of hydrogen-bond donors (Lipinski definition) is 3. The maximum Gasteiger partial charge on any atom is 0.287 e. The Kier molecular flexibility index (Phi) is 3.88. The van der Waals surface area contributed by atoms with Crippen LogP contribution in [0.3, 0.4) is 0 Å². The molecule has 0 spiro atoms. The molecule has 0 aliphatic heterocycles. The first-order valence-electron chi connectivity index (χ1n) is 4.80. The van der Waals surface area contributed by atoms with E-state index in [2.05, 4.69) is 5.32 Å². The number of hydrogen-bond acceptors (Lipinski definition) is 4. The minimum atomic E-state index is -0.622. The van der Waals surface area contributed by atoms with Crippen LogP contribution < -0.4 is 5.32 Å². The molecule has 5 heteroatoms. The van der Waals surface area contributed by atoms with Gasteiger partial charge in [-0.15, -0.1) is 0 Å². The first-order valence-corrected chi connectivity index (χ1v) is 4.80. The number of amides is 1. The van der Waals surface area contributed by atoms with Crippen molar-refractivity contribution >= 4 is 11.7 Å². The topological polar surface area (TPSA) is 86.6 Å². The van der Waals surface area contributed by atoms with Crippen LogP contribution in [0.25, 0.3) is 0 Å². The number of aromatic hydroxyl groups is 2. The molecule has 0 saturated carbocycles. The van der Waals surface area contributed by atoms with Crippen molar-refractivity contribution in [3.8, 4) is 11.5 Å². The number of nitrogens with one attached hydrogen (secondary N) is 1. The second-order valence-corrected chi connectivity index (χ2v) is 3.39. The fourth-order valence-electron chi connectivity index (χ4n) is 1.17. The summed E-state index contributed by atoms with van der Waals surface area (Å²) in [5.41, 5.74) is 0.763. The van der Waals surface area contributed by atoms with Crippen molar-refractivity contribution in [1.82, 2.24) is 5.32 Å². The van der Waals surface area contributed by atoms with Gasteiger partial charge >= 0.3 is 0 Å². The zero-order valence-corrected chi connectivity index (χ0v) is 8.86. The van der Waals surface area contributed by atoms with Crippen molar-refractivity contribution in [2.75, 3.05) is 6.54 Å². The maximum atomic E-state index is 10.9. The summed E-state index contributed by atoms with van der Waals surface area (Å²) in [4.78, 5) is 21.5. The normalized spacial score (nSPS) is 9.81. The lowest BCUT2D eigenvalue weighted by Gasteiger charge is -2.04. The molecule has 0 heterocycles. The van der Waals surface area contributed by atoms with Crippen molar-refractivity contribution in [3.05, 3.63) is 23.8 Å². The predicted octanol–water partition coefficient (Wildman–Crippen LogP) is 0.345. The van der Waals surface area contributed by atoms with Gasteiger partial charge in [0.2, 0.25) is 5.78 Å². The Morgan fingerprint density at radius 2 is 1.94 bits per heavy atom. The van der Waals surface area contributed by atoms with E-state index in [1.54, 1.807) is 6.07 Å². The molecule has 86 valence electrons. The minimum Gasteiger partial charge on any atom is -0.504 e. The highest BCUT2D eigenvalue weighted by atomic mass is 16.3. The van der Waals surface area contributed by atoms with E-state index in [-0.39, 0.29) is 11.5 Å². The van der Waals surface area contributed by atoms with Crippen LogP contribution in [0, 0.1) is 0 Å². The molecule has 16 heavy (non-hydrogen) atoms. The molecular formula is C11H13NO4. The third kappa shape index (κ3) is 3.27. The van der Waals surface area contributed by atoms with Crippen molar-refractivity contribution < 1.29 is 19.8 Å². The standard InChI is InChI=1S/C11H13NO4/c1-7(13)11(16)12-5-4-8-2-3-9(14)10(15)6-8/h2-3,6,14-15H,4-5H2,1H3,(H,12,16). The highest BCUT2D eigenvalue weighted by molar-refractivity contribution is 6.35. The Bertz CT molecular complexity index is 414. The minimum absolute atomic E-state index is 0.184. The highest BCUT2D eigenvalue weighted by Crippen LogP contribution is 2.24. The number of rotatable bonds is 4. The molecule has 1 amide bonds. The average molecular weight is 223 g/mol. The van der Waals surface area contributed by atoms with Gasteiger partial charge in [-0.1, -0.05) is 6.07 Å². The van der Waals surface area contributed by atoms with Crippen LogP contribution in [0.5, 0.6) is 11.5 Å². The van der Waals surface area contributed by atoms with Crippen LogP contribution in [-0.2, 0) is 16.0 Å². The van der Waals surface area contributed by atoms with Crippen LogP contribution in [0.4, 0.5) is 0 Å². The average Bonchev–Trinajstić information content (AvgIpc) is 2.23.